The van der Waals surface area contributed by atoms with Crippen molar-refractivity contribution in [2.45, 2.75) is 38.8 Å². The first kappa shape index (κ1) is 21.7. The molecule has 0 spiro atoms. The molecule has 8 nitrogen and oxygen atoms in total. The summed E-state index contributed by atoms with van der Waals surface area (Å²) >= 11 is 5.12. The van der Waals surface area contributed by atoms with Crippen LogP contribution in [0.2, 0.25) is 0 Å². The molecule has 1 aromatic heterocycles. The van der Waals surface area contributed by atoms with E-state index in [0.29, 0.717) is 28.3 Å². The van der Waals surface area contributed by atoms with Gasteiger partial charge in [0, 0.05) is 12.1 Å². The molecule has 2 aromatic carbocycles. The van der Waals surface area contributed by atoms with Gasteiger partial charge in [-0.3, -0.25) is 9.89 Å². The summed E-state index contributed by atoms with van der Waals surface area (Å²) in [4.78, 5) is 12.5. The van der Waals surface area contributed by atoms with Crippen LogP contribution < -0.4 is 9.50 Å². The number of aryl methyl sites for hydroxylation is 2. The molecule has 0 radical (unpaired) electrons. The highest BCUT2D eigenvalue weighted by Gasteiger charge is 2.20. The lowest BCUT2D eigenvalue weighted by atomic mass is 10.2. The second kappa shape index (κ2) is 8.80. The van der Waals surface area contributed by atoms with Gasteiger partial charge in [-0.15, -0.1) is 0 Å². The predicted molar refractivity (Wildman–Crippen MR) is 114 cm³/mol. The standard InChI is InChI=1S/C20H22N4O4S2/c1-4-24-18(22-23-20(24)29)12-21-19(25)15-7-9-16(10-8-15)28-30(26,27)17-11-13(2)5-6-14(17)3/h5-11H,4,12H2,1-3H3,(H,21,25)(H,23,29). The zero-order chi connectivity index (χ0) is 21.9. The highest BCUT2D eigenvalue weighted by molar-refractivity contribution is 7.87. The Hall–Kier alpha value is -2.98. The maximum Gasteiger partial charge on any atom is 0.339 e. The third-order valence-corrected chi connectivity index (χ3v) is 6.20. The van der Waals surface area contributed by atoms with Crippen LogP contribution in [0.4, 0.5) is 0 Å². The van der Waals surface area contributed by atoms with Gasteiger partial charge < -0.3 is 14.1 Å². The zero-order valence-corrected chi connectivity index (χ0v) is 18.4. The van der Waals surface area contributed by atoms with Crippen molar-refractivity contribution in [3.63, 3.8) is 0 Å². The Morgan fingerprint density at radius 2 is 1.90 bits per heavy atom. The van der Waals surface area contributed by atoms with Crippen molar-refractivity contribution in [2.75, 3.05) is 0 Å². The first-order chi connectivity index (χ1) is 14.2. The minimum atomic E-state index is -3.98. The summed E-state index contributed by atoms with van der Waals surface area (Å²) < 4.78 is 32.7. The fraction of sp³-hybridized carbons (Fsp3) is 0.250. The average molecular weight is 447 g/mol. The number of amides is 1. The van der Waals surface area contributed by atoms with Crippen molar-refractivity contribution in [2.24, 2.45) is 0 Å². The van der Waals surface area contributed by atoms with E-state index in [1.165, 1.54) is 24.3 Å². The molecule has 0 bridgehead atoms. The number of H-pyrrole nitrogens is 1. The fourth-order valence-electron chi connectivity index (χ4n) is 2.88. The topological polar surface area (TPSA) is 106 Å². The summed E-state index contributed by atoms with van der Waals surface area (Å²) in [6, 6.07) is 11.0. The molecule has 158 valence electrons. The molecule has 30 heavy (non-hydrogen) atoms. The van der Waals surface area contributed by atoms with Crippen LogP contribution in [0.15, 0.2) is 47.4 Å². The number of nitrogens with one attached hydrogen (secondary N) is 2. The molecule has 0 unspecified atom stereocenters. The van der Waals surface area contributed by atoms with E-state index in [1.807, 2.05) is 19.9 Å². The highest BCUT2D eigenvalue weighted by atomic mass is 32.2. The lowest BCUT2D eigenvalue weighted by Crippen LogP contribution is -2.24. The van der Waals surface area contributed by atoms with Crippen molar-refractivity contribution < 1.29 is 17.4 Å². The van der Waals surface area contributed by atoms with E-state index in [4.69, 9.17) is 16.4 Å². The molecule has 0 aliphatic carbocycles. The van der Waals surface area contributed by atoms with Gasteiger partial charge in [-0.05, 0) is 74.4 Å². The number of hydrogen-bond donors (Lipinski definition) is 2. The van der Waals surface area contributed by atoms with Gasteiger partial charge in [-0.1, -0.05) is 12.1 Å². The number of carbonyl (C=O) groups excluding carboxylic acids is 1. The van der Waals surface area contributed by atoms with Crippen LogP contribution in [0.5, 0.6) is 5.75 Å². The molecule has 0 fully saturated rings. The Kier molecular flexibility index (Phi) is 6.37. The lowest BCUT2D eigenvalue weighted by molar-refractivity contribution is 0.0949. The molecule has 0 saturated carbocycles. The molecule has 1 heterocycles. The molecular formula is C20H22N4O4S2. The number of nitrogens with zero attached hydrogens (tertiary/aromatic N) is 2. The van der Waals surface area contributed by atoms with E-state index in [-0.39, 0.29) is 23.1 Å². The van der Waals surface area contributed by atoms with E-state index >= 15 is 0 Å². The second-order valence-electron chi connectivity index (χ2n) is 6.70. The molecule has 0 aliphatic rings. The first-order valence-corrected chi connectivity index (χ1v) is 11.1. The molecule has 0 atom stereocenters. The Balaban J connectivity index is 1.69. The maximum atomic E-state index is 12.6. The van der Waals surface area contributed by atoms with Crippen LogP contribution in [0.25, 0.3) is 0 Å². The van der Waals surface area contributed by atoms with Gasteiger partial charge in [0.05, 0.1) is 6.54 Å². The van der Waals surface area contributed by atoms with Crippen LogP contribution in [-0.2, 0) is 23.2 Å². The summed E-state index contributed by atoms with van der Waals surface area (Å²) in [5, 5.41) is 9.55. The number of carbonyl (C=O) groups is 1. The Morgan fingerprint density at radius 3 is 2.57 bits per heavy atom. The van der Waals surface area contributed by atoms with Crippen molar-refractivity contribution >= 4 is 28.2 Å². The summed E-state index contributed by atoms with van der Waals surface area (Å²) in [7, 11) is -3.98. The number of hydrogen-bond acceptors (Lipinski definition) is 6. The van der Waals surface area contributed by atoms with Gasteiger partial charge in [0.25, 0.3) is 5.91 Å². The molecule has 3 aromatic rings. The third-order valence-electron chi connectivity index (χ3n) is 4.50. The SMILES string of the molecule is CCn1c(CNC(=O)c2ccc(OS(=O)(=O)c3cc(C)ccc3C)cc2)n[nH]c1=S. The largest absolute Gasteiger partial charge is 0.379 e. The molecule has 2 N–H and O–H groups in total. The predicted octanol–water partition coefficient (Wildman–Crippen LogP) is 3.28. The Morgan fingerprint density at radius 1 is 1.20 bits per heavy atom. The summed E-state index contributed by atoms with van der Waals surface area (Å²) in [5.41, 5.74) is 1.78. The average Bonchev–Trinajstić information content (AvgIpc) is 3.07. The van der Waals surface area contributed by atoms with Gasteiger partial charge in [-0.25, -0.2) is 0 Å². The lowest BCUT2D eigenvalue weighted by Gasteiger charge is -2.11. The zero-order valence-electron chi connectivity index (χ0n) is 16.8. The third kappa shape index (κ3) is 4.77. The summed E-state index contributed by atoms with van der Waals surface area (Å²) in [6.07, 6.45) is 0. The Labute approximate surface area is 180 Å². The summed E-state index contributed by atoms with van der Waals surface area (Å²) in [6.45, 7) is 6.30. The van der Waals surface area contributed by atoms with Crippen LogP contribution >= 0.6 is 12.2 Å². The van der Waals surface area contributed by atoms with Gasteiger partial charge in [0.2, 0.25) is 0 Å². The molecule has 0 saturated heterocycles. The van der Waals surface area contributed by atoms with Gasteiger partial charge in [-0.2, -0.15) is 13.5 Å². The molecule has 0 aliphatic heterocycles. The maximum absolute atomic E-state index is 12.6. The Bertz CT molecular complexity index is 1230. The minimum Gasteiger partial charge on any atom is -0.379 e. The highest BCUT2D eigenvalue weighted by Crippen LogP contribution is 2.22. The monoisotopic (exact) mass is 446 g/mol. The molecular weight excluding hydrogens is 424 g/mol. The van der Waals surface area contributed by atoms with Crippen molar-refractivity contribution in [1.82, 2.24) is 20.1 Å². The number of aromatic amines is 1. The van der Waals surface area contributed by atoms with Crippen molar-refractivity contribution in [3.05, 3.63) is 69.8 Å². The van der Waals surface area contributed by atoms with E-state index in [1.54, 1.807) is 23.6 Å². The number of benzene rings is 2. The van der Waals surface area contributed by atoms with Crippen LogP contribution in [-0.4, -0.2) is 29.1 Å². The van der Waals surface area contributed by atoms with Crippen LogP contribution in [0, 0.1) is 18.6 Å². The number of rotatable bonds is 7. The number of aromatic nitrogens is 3. The molecule has 1 amide bonds. The van der Waals surface area contributed by atoms with Crippen molar-refractivity contribution in [1.29, 1.82) is 0 Å². The van der Waals surface area contributed by atoms with Gasteiger partial charge >= 0.3 is 10.1 Å². The quantitative estimate of drug-likeness (QED) is 0.426. The van der Waals surface area contributed by atoms with E-state index in [2.05, 4.69) is 15.5 Å². The summed E-state index contributed by atoms with van der Waals surface area (Å²) in [5.74, 6) is 0.422. The molecule has 10 heteroatoms. The van der Waals surface area contributed by atoms with Crippen LogP contribution in [0.3, 0.4) is 0 Å². The first-order valence-electron chi connectivity index (χ1n) is 9.25. The minimum absolute atomic E-state index is 0.119. The fourth-order valence-corrected chi connectivity index (χ4v) is 4.41. The normalized spacial score (nSPS) is 11.3. The van der Waals surface area contributed by atoms with E-state index in [9.17, 15) is 13.2 Å². The van der Waals surface area contributed by atoms with E-state index < -0.39 is 10.1 Å². The second-order valence-corrected chi connectivity index (χ2v) is 8.60. The van der Waals surface area contributed by atoms with Gasteiger partial charge in [0.15, 0.2) is 10.6 Å². The van der Waals surface area contributed by atoms with Crippen molar-refractivity contribution in [3.8, 4) is 5.75 Å². The van der Waals surface area contributed by atoms with E-state index in [0.717, 1.165) is 5.56 Å². The van der Waals surface area contributed by atoms with Crippen LogP contribution in [0.1, 0.15) is 34.2 Å². The van der Waals surface area contributed by atoms with Gasteiger partial charge in [0.1, 0.15) is 10.6 Å². The molecule has 3 rings (SSSR count). The smallest absolute Gasteiger partial charge is 0.339 e.